The van der Waals surface area contributed by atoms with E-state index in [9.17, 15) is 4.79 Å². The minimum Gasteiger partial charge on any atom is -0.493 e. The van der Waals surface area contributed by atoms with E-state index in [4.69, 9.17) is 14.2 Å². The van der Waals surface area contributed by atoms with Gasteiger partial charge in [0.1, 0.15) is 17.9 Å². The number of nitrogens with one attached hydrogen (secondary N) is 2. The molecule has 0 radical (unpaired) electrons. The van der Waals surface area contributed by atoms with Crippen molar-refractivity contribution >= 4 is 28.3 Å². The van der Waals surface area contributed by atoms with E-state index in [-0.39, 0.29) is 12.5 Å². The zero-order valence-electron chi connectivity index (χ0n) is 15.3. The summed E-state index contributed by atoms with van der Waals surface area (Å²) in [6.45, 7) is -0.0263. The molecule has 140 valence electrons. The molecule has 1 aromatic heterocycles. The van der Waals surface area contributed by atoms with Crippen molar-refractivity contribution in [1.29, 1.82) is 0 Å². The van der Waals surface area contributed by atoms with Crippen molar-refractivity contribution in [2.75, 3.05) is 33.2 Å². The molecule has 0 atom stereocenters. The predicted octanol–water partition coefficient (Wildman–Crippen LogP) is 2.52. The molecule has 8 heteroatoms. The topological polar surface area (TPSA) is 94.6 Å². The second kappa shape index (κ2) is 8.22. The molecule has 8 nitrogen and oxygen atoms in total. The molecular formula is C19H20N4O4. The molecule has 0 fully saturated rings. The van der Waals surface area contributed by atoms with E-state index in [1.165, 1.54) is 6.33 Å². The Morgan fingerprint density at radius 1 is 1.04 bits per heavy atom. The van der Waals surface area contributed by atoms with Gasteiger partial charge < -0.3 is 24.8 Å². The van der Waals surface area contributed by atoms with Crippen molar-refractivity contribution in [2.24, 2.45) is 0 Å². The van der Waals surface area contributed by atoms with Crippen LogP contribution in [-0.2, 0) is 4.79 Å². The molecule has 0 aliphatic rings. The van der Waals surface area contributed by atoms with E-state index >= 15 is 0 Å². The molecule has 0 saturated heterocycles. The molecule has 0 spiro atoms. The van der Waals surface area contributed by atoms with E-state index in [1.807, 2.05) is 18.2 Å². The lowest BCUT2D eigenvalue weighted by atomic mass is 10.2. The van der Waals surface area contributed by atoms with Crippen molar-refractivity contribution in [3.8, 4) is 17.2 Å². The summed E-state index contributed by atoms with van der Waals surface area (Å²) in [6.07, 6.45) is 1.48. The molecule has 2 aromatic carbocycles. The number of fused-ring (bicyclic) bond motifs is 1. The summed E-state index contributed by atoms with van der Waals surface area (Å²) in [4.78, 5) is 19.8. The Kier molecular flexibility index (Phi) is 5.55. The smallest absolute Gasteiger partial charge is 0.257 e. The van der Waals surface area contributed by atoms with Crippen LogP contribution in [0.25, 0.3) is 10.9 Å². The maximum atomic E-state index is 11.2. The highest BCUT2D eigenvalue weighted by molar-refractivity contribution is 5.93. The number of carbonyl (C=O) groups is 1. The molecule has 2 N–H and O–H groups in total. The number of amides is 1. The van der Waals surface area contributed by atoms with Crippen LogP contribution in [-0.4, -0.2) is 43.7 Å². The van der Waals surface area contributed by atoms with E-state index in [0.29, 0.717) is 23.1 Å². The van der Waals surface area contributed by atoms with Crippen molar-refractivity contribution in [2.45, 2.75) is 0 Å². The predicted molar refractivity (Wildman–Crippen MR) is 102 cm³/mol. The normalized spacial score (nSPS) is 10.3. The van der Waals surface area contributed by atoms with Crippen molar-refractivity contribution in [1.82, 2.24) is 15.3 Å². The van der Waals surface area contributed by atoms with E-state index in [2.05, 4.69) is 20.6 Å². The number of carbonyl (C=O) groups excluding carboxylic acids is 1. The van der Waals surface area contributed by atoms with Gasteiger partial charge in [0.15, 0.2) is 18.1 Å². The molecule has 3 rings (SSSR count). The third kappa shape index (κ3) is 4.17. The Morgan fingerprint density at radius 3 is 2.41 bits per heavy atom. The highest BCUT2D eigenvalue weighted by atomic mass is 16.5. The number of rotatable bonds is 7. The number of ether oxygens (including phenoxy) is 3. The lowest BCUT2D eigenvalue weighted by molar-refractivity contribution is -0.122. The Hall–Kier alpha value is -3.55. The van der Waals surface area contributed by atoms with Gasteiger partial charge in [-0.3, -0.25) is 4.79 Å². The number of benzene rings is 2. The van der Waals surface area contributed by atoms with Gasteiger partial charge in [-0.15, -0.1) is 0 Å². The molecule has 0 aliphatic heterocycles. The van der Waals surface area contributed by atoms with Crippen LogP contribution in [0.3, 0.4) is 0 Å². The first-order valence-corrected chi connectivity index (χ1v) is 8.21. The van der Waals surface area contributed by atoms with Crippen molar-refractivity contribution in [3.63, 3.8) is 0 Å². The monoisotopic (exact) mass is 368 g/mol. The largest absolute Gasteiger partial charge is 0.493 e. The maximum absolute atomic E-state index is 11.2. The summed E-state index contributed by atoms with van der Waals surface area (Å²) >= 11 is 0. The lowest BCUT2D eigenvalue weighted by Gasteiger charge is -2.12. The summed E-state index contributed by atoms with van der Waals surface area (Å²) < 4.78 is 16.1. The van der Waals surface area contributed by atoms with Gasteiger partial charge in [-0.05, 0) is 30.3 Å². The summed E-state index contributed by atoms with van der Waals surface area (Å²) in [5, 5.41) is 6.56. The Labute approximate surface area is 156 Å². The fourth-order valence-corrected chi connectivity index (χ4v) is 2.47. The molecule has 0 saturated carbocycles. The minimum absolute atomic E-state index is 0.0263. The molecular weight excluding hydrogens is 348 g/mol. The summed E-state index contributed by atoms with van der Waals surface area (Å²) in [7, 11) is 4.73. The number of aromatic nitrogens is 2. The van der Waals surface area contributed by atoms with Gasteiger partial charge in [-0.25, -0.2) is 9.97 Å². The van der Waals surface area contributed by atoms with Gasteiger partial charge >= 0.3 is 0 Å². The number of likely N-dealkylation sites (N-methyl/N-ethyl adjacent to an activating group) is 1. The third-order valence-electron chi connectivity index (χ3n) is 3.91. The van der Waals surface area contributed by atoms with E-state index < -0.39 is 0 Å². The van der Waals surface area contributed by atoms with Crippen LogP contribution in [0.2, 0.25) is 0 Å². The molecule has 27 heavy (non-hydrogen) atoms. The van der Waals surface area contributed by atoms with Gasteiger partial charge in [-0.1, -0.05) is 0 Å². The second-order valence-corrected chi connectivity index (χ2v) is 5.56. The minimum atomic E-state index is -0.186. The van der Waals surface area contributed by atoms with E-state index in [0.717, 1.165) is 16.6 Å². The van der Waals surface area contributed by atoms with Gasteiger partial charge in [-0.2, -0.15) is 0 Å². The SMILES string of the molecule is CNC(=O)COc1ccc(Nc2ncnc3cc(OC)c(OC)cc23)cc1. The molecule has 0 unspecified atom stereocenters. The average molecular weight is 368 g/mol. The molecule has 3 aromatic rings. The van der Waals surface area contributed by atoms with Crippen LogP contribution in [0.4, 0.5) is 11.5 Å². The number of nitrogens with zero attached hydrogens (tertiary/aromatic N) is 2. The Bertz CT molecular complexity index is 944. The number of anilines is 2. The van der Waals surface area contributed by atoms with Gasteiger partial charge in [0, 0.05) is 24.2 Å². The zero-order chi connectivity index (χ0) is 19.2. The summed E-state index contributed by atoms with van der Waals surface area (Å²) in [6, 6.07) is 10.9. The summed E-state index contributed by atoms with van der Waals surface area (Å²) in [5.74, 6) is 2.25. The number of methoxy groups -OCH3 is 2. The third-order valence-corrected chi connectivity index (χ3v) is 3.91. The quantitative estimate of drug-likeness (QED) is 0.662. The first-order chi connectivity index (χ1) is 13.1. The molecule has 1 heterocycles. The standard InChI is InChI=1S/C19H20N4O4/c1-20-18(24)10-27-13-6-4-12(5-7-13)23-19-14-8-16(25-2)17(26-3)9-15(14)21-11-22-19/h4-9,11H,10H2,1-3H3,(H,20,24)(H,21,22,23). The van der Waals surface area contributed by atoms with Gasteiger partial charge in [0.05, 0.1) is 19.7 Å². The second-order valence-electron chi connectivity index (χ2n) is 5.56. The van der Waals surface area contributed by atoms with Crippen LogP contribution in [0.5, 0.6) is 17.2 Å². The van der Waals surface area contributed by atoms with Crippen molar-refractivity contribution in [3.05, 3.63) is 42.7 Å². The fraction of sp³-hybridized carbons (Fsp3) is 0.211. The van der Waals surface area contributed by atoms with Crippen molar-refractivity contribution < 1.29 is 19.0 Å². The molecule has 1 amide bonds. The maximum Gasteiger partial charge on any atom is 0.257 e. The molecule has 0 bridgehead atoms. The number of hydrogen-bond donors (Lipinski definition) is 2. The Morgan fingerprint density at radius 2 is 1.74 bits per heavy atom. The first kappa shape index (κ1) is 18.2. The highest BCUT2D eigenvalue weighted by Crippen LogP contribution is 2.34. The van der Waals surface area contributed by atoms with Crippen LogP contribution in [0.15, 0.2) is 42.7 Å². The highest BCUT2D eigenvalue weighted by Gasteiger charge is 2.11. The summed E-state index contributed by atoms with van der Waals surface area (Å²) in [5.41, 5.74) is 1.55. The van der Waals surface area contributed by atoms with Gasteiger partial charge in [0.2, 0.25) is 0 Å². The Balaban J connectivity index is 1.83. The first-order valence-electron chi connectivity index (χ1n) is 8.21. The zero-order valence-corrected chi connectivity index (χ0v) is 15.3. The van der Waals surface area contributed by atoms with E-state index in [1.54, 1.807) is 39.5 Å². The van der Waals surface area contributed by atoms with Crippen LogP contribution < -0.4 is 24.8 Å². The van der Waals surface area contributed by atoms with Crippen LogP contribution in [0, 0.1) is 0 Å². The molecule has 0 aliphatic carbocycles. The van der Waals surface area contributed by atoms with Crippen LogP contribution >= 0.6 is 0 Å². The number of hydrogen-bond acceptors (Lipinski definition) is 7. The van der Waals surface area contributed by atoms with Gasteiger partial charge in [0.25, 0.3) is 5.91 Å². The average Bonchev–Trinajstić information content (AvgIpc) is 2.72. The fourth-order valence-electron chi connectivity index (χ4n) is 2.47. The van der Waals surface area contributed by atoms with Crippen LogP contribution in [0.1, 0.15) is 0 Å². The lowest BCUT2D eigenvalue weighted by Crippen LogP contribution is -2.24.